The topological polar surface area (TPSA) is 42.7 Å². The molecule has 1 aliphatic rings. The van der Waals surface area contributed by atoms with E-state index in [9.17, 15) is 4.79 Å². The molecule has 4 rings (SSSR count). The van der Waals surface area contributed by atoms with Crippen LogP contribution in [-0.4, -0.2) is 24.0 Å². The van der Waals surface area contributed by atoms with Crippen molar-refractivity contribution in [3.05, 3.63) is 95.9 Å². The summed E-state index contributed by atoms with van der Waals surface area (Å²) in [6, 6.07) is 24.6. The average Bonchev–Trinajstić information content (AvgIpc) is 3.24. The molecule has 2 atom stereocenters. The minimum absolute atomic E-state index is 0.0123. The van der Waals surface area contributed by atoms with Crippen molar-refractivity contribution < 1.29 is 13.9 Å². The summed E-state index contributed by atoms with van der Waals surface area (Å²) in [4.78, 5) is 14.3. The van der Waals surface area contributed by atoms with Gasteiger partial charge in [-0.05, 0) is 36.1 Å². The third-order valence-electron chi connectivity index (χ3n) is 5.12. The van der Waals surface area contributed by atoms with E-state index in [0.29, 0.717) is 6.61 Å². The van der Waals surface area contributed by atoms with E-state index < -0.39 is 0 Å². The molecule has 1 fully saturated rings. The molecule has 2 aromatic carbocycles. The summed E-state index contributed by atoms with van der Waals surface area (Å²) >= 11 is 0. The highest BCUT2D eigenvalue weighted by atomic mass is 16.5. The normalized spacial score (nSPS) is 18.8. The molecule has 27 heavy (non-hydrogen) atoms. The third kappa shape index (κ3) is 4.12. The molecule has 1 saturated heterocycles. The van der Waals surface area contributed by atoms with E-state index in [1.54, 1.807) is 6.26 Å². The van der Waals surface area contributed by atoms with Crippen LogP contribution in [-0.2, 0) is 16.0 Å². The van der Waals surface area contributed by atoms with Gasteiger partial charge >= 0.3 is 5.97 Å². The Morgan fingerprint density at radius 1 is 0.963 bits per heavy atom. The lowest BCUT2D eigenvalue weighted by Gasteiger charge is -2.39. The Labute approximate surface area is 159 Å². The van der Waals surface area contributed by atoms with Gasteiger partial charge in [0.15, 0.2) is 0 Å². The smallest absolute Gasteiger partial charge is 0.320 e. The summed E-state index contributed by atoms with van der Waals surface area (Å²) < 4.78 is 11.2. The number of hydrogen-bond acceptors (Lipinski definition) is 4. The molecule has 0 aliphatic carbocycles. The van der Waals surface area contributed by atoms with Crippen molar-refractivity contribution in [2.75, 3.05) is 13.2 Å². The van der Waals surface area contributed by atoms with Crippen LogP contribution in [0.15, 0.2) is 83.5 Å². The van der Waals surface area contributed by atoms with Crippen LogP contribution in [0.4, 0.5) is 0 Å². The molecule has 0 radical (unpaired) electrons. The number of aryl methyl sites for hydroxylation is 1. The second-order valence-electron chi connectivity index (χ2n) is 6.84. The number of carbonyl (C=O) groups is 1. The van der Waals surface area contributed by atoms with Gasteiger partial charge in [-0.2, -0.15) is 0 Å². The number of hydrogen-bond donors (Lipinski definition) is 0. The van der Waals surface area contributed by atoms with E-state index in [0.717, 1.165) is 24.2 Å². The van der Waals surface area contributed by atoms with E-state index in [4.69, 9.17) is 9.15 Å². The molecule has 0 bridgehead atoms. The summed E-state index contributed by atoms with van der Waals surface area (Å²) in [5, 5.41) is 0. The number of nitrogens with zero attached hydrogens (tertiary/aromatic N) is 1. The molecular formula is C23H23NO3. The first-order valence-electron chi connectivity index (χ1n) is 9.35. The van der Waals surface area contributed by atoms with E-state index in [1.807, 2.05) is 36.4 Å². The Morgan fingerprint density at radius 3 is 2.41 bits per heavy atom. The van der Waals surface area contributed by atoms with Gasteiger partial charge in [0, 0.05) is 0 Å². The van der Waals surface area contributed by atoms with Crippen LogP contribution in [0.1, 0.15) is 35.4 Å². The largest absolute Gasteiger partial charge is 0.468 e. The second kappa shape index (κ2) is 8.23. The maximum Gasteiger partial charge on any atom is 0.320 e. The van der Waals surface area contributed by atoms with E-state index in [-0.39, 0.29) is 24.6 Å². The van der Waals surface area contributed by atoms with E-state index >= 15 is 0 Å². The Kier molecular flexibility index (Phi) is 5.35. The van der Waals surface area contributed by atoms with Crippen LogP contribution >= 0.6 is 0 Å². The summed E-state index contributed by atoms with van der Waals surface area (Å²) in [7, 11) is 0. The van der Waals surface area contributed by atoms with Crippen LogP contribution in [0.5, 0.6) is 0 Å². The lowest BCUT2D eigenvalue weighted by Crippen LogP contribution is -2.44. The molecular weight excluding hydrogens is 338 g/mol. The highest BCUT2D eigenvalue weighted by molar-refractivity contribution is 5.72. The molecule has 0 N–H and O–H groups in total. The number of benzene rings is 2. The minimum atomic E-state index is -0.182. The average molecular weight is 361 g/mol. The molecule has 4 nitrogen and oxygen atoms in total. The first-order chi connectivity index (χ1) is 13.3. The number of rotatable bonds is 6. The quantitative estimate of drug-likeness (QED) is 0.604. The predicted molar refractivity (Wildman–Crippen MR) is 103 cm³/mol. The fraction of sp³-hybridized carbons (Fsp3) is 0.261. The van der Waals surface area contributed by atoms with Gasteiger partial charge in [-0.3, -0.25) is 9.69 Å². The summed E-state index contributed by atoms with van der Waals surface area (Å²) in [6.07, 6.45) is 3.48. The van der Waals surface area contributed by atoms with Crippen molar-refractivity contribution in [1.29, 1.82) is 0 Å². The minimum Gasteiger partial charge on any atom is -0.468 e. The Hall–Kier alpha value is -2.85. The van der Waals surface area contributed by atoms with Crippen molar-refractivity contribution in [1.82, 2.24) is 4.90 Å². The fourth-order valence-corrected chi connectivity index (χ4v) is 3.76. The van der Waals surface area contributed by atoms with Crippen molar-refractivity contribution >= 4 is 5.97 Å². The monoisotopic (exact) mass is 361 g/mol. The number of ether oxygens (including phenoxy) is 1. The molecule has 1 aliphatic heterocycles. The summed E-state index contributed by atoms with van der Waals surface area (Å²) in [5.74, 6) is 0.708. The SMILES string of the molecule is O=C1CN([C@H](CCc2ccccc2)c2ccco2)[C@@H](c2ccccc2)CO1. The molecule has 1 aromatic heterocycles. The van der Waals surface area contributed by atoms with Gasteiger partial charge in [0.25, 0.3) is 0 Å². The molecule has 0 unspecified atom stereocenters. The standard InChI is InChI=1S/C23H23NO3/c25-23-16-24(21(17-27-23)19-10-5-2-6-11-19)20(22-12-7-15-26-22)14-13-18-8-3-1-4-9-18/h1-12,15,20-21H,13-14,16-17H2/t20-,21-/m1/s1. The molecule has 0 amide bonds. The van der Waals surface area contributed by atoms with Crippen LogP contribution in [0.2, 0.25) is 0 Å². The van der Waals surface area contributed by atoms with E-state index in [1.165, 1.54) is 5.56 Å². The highest BCUT2D eigenvalue weighted by Gasteiger charge is 2.36. The summed E-state index contributed by atoms with van der Waals surface area (Å²) in [5.41, 5.74) is 2.44. The van der Waals surface area contributed by atoms with E-state index in [2.05, 4.69) is 41.3 Å². The van der Waals surface area contributed by atoms with Gasteiger partial charge in [-0.1, -0.05) is 60.7 Å². The fourth-order valence-electron chi connectivity index (χ4n) is 3.76. The number of esters is 1. The molecule has 4 heteroatoms. The second-order valence-corrected chi connectivity index (χ2v) is 6.84. The Bertz CT molecular complexity index is 846. The van der Waals surface area contributed by atoms with Crippen molar-refractivity contribution in [3.63, 3.8) is 0 Å². The molecule has 138 valence electrons. The molecule has 0 spiro atoms. The summed E-state index contributed by atoms with van der Waals surface area (Å²) in [6.45, 7) is 0.630. The van der Waals surface area contributed by atoms with Crippen molar-refractivity contribution in [2.45, 2.75) is 24.9 Å². The molecule has 2 heterocycles. The van der Waals surface area contributed by atoms with Crippen LogP contribution in [0.25, 0.3) is 0 Å². The number of morpholine rings is 1. The predicted octanol–water partition coefficient (Wildman–Crippen LogP) is 4.55. The lowest BCUT2D eigenvalue weighted by atomic mass is 9.97. The maximum absolute atomic E-state index is 12.1. The van der Waals surface area contributed by atoms with Crippen LogP contribution in [0.3, 0.4) is 0 Å². The maximum atomic E-state index is 12.1. The Balaban J connectivity index is 1.62. The number of cyclic esters (lactones) is 1. The first kappa shape index (κ1) is 17.6. The van der Waals surface area contributed by atoms with Crippen molar-refractivity contribution in [3.8, 4) is 0 Å². The van der Waals surface area contributed by atoms with Crippen LogP contribution in [0, 0.1) is 0 Å². The highest BCUT2D eigenvalue weighted by Crippen LogP contribution is 2.36. The molecule has 3 aromatic rings. The van der Waals surface area contributed by atoms with Crippen molar-refractivity contribution in [2.24, 2.45) is 0 Å². The van der Waals surface area contributed by atoms with Gasteiger partial charge in [-0.25, -0.2) is 0 Å². The van der Waals surface area contributed by atoms with Crippen LogP contribution < -0.4 is 0 Å². The third-order valence-corrected chi connectivity index (χ3v) is 5.12. The zero-order valence-corrected chi connectivity index (χ0v) is 15.2. The van der Waals surface area contributed by atoms with Gasteiger partial charge in [-0.15, -0.1) is 0 Å². The Morgan fingerprint density at radius 2 is 1.70 bits per heavy atom. The zero-order valence-electron chi connectivity index (χ0n) is 15.2. The number of carbonyl (C=O) groups excluding carboxylic acids is 1. The zero-order chi connectivity index (χ0) is 18.5. The van der Waals surface area contributed by atoms with Gasteiger partial charge in [0.05, 0.1) is 24.9 Å². The molecule has 0 saturated carbocycles. The first-order valence-corrected chi connectivity index (χ1v) is 9.35. The van der Waals surface area contributed by atoms with Gasteiger partial charge in [0.1, 0.15) is 12.4 Å². The van der Waals surface area contributed by atoms with Gasteiger partial charge < -0.3 is 9.15 Å². The van der Waals surface area contributed by atoms with Gasteiger partial charge in [0.2, 0.25) is 0 Å². The lowest BCUT2D eigenvalue weighted by molar-refractivity contribution is -0.157. The number of furan rings is 1.